The van der Waals surface area contributed by atoms with E-state index in [2.05, 4.69) is 15.6 Å². The number of rotatable bonds is 6. The number of pyridine rings is 1. The normalized spacial score (nSPS) is 11.0. The van der Waals surface area contributed by atoms with Crippen LogP contribution < -0.4 is 10.6 Å². The Morgan fingerprint density at radius 2 is 1.57 bits per heavy atom. The number of carbonyl (C=O) groups excluding carboxylic acids is 1. The predicted octanol–water partition coefficient (Wildman–Crippen LogP) is 4.12. The van der Waals surface area contributed by atoms with Gasteiger partial charge in [-0.1, -0.05) is 66.7 Å². The van der Waals surface area contributed by atoms with Crippen molar-refractivity contribution in [3.63, 3.8) is 0 Å². The molecule has 28 heavy (non-hydrogen) atoms. The molecule has 1 aromatic heterocycles. The first-order valence-corrected chi connectivity index (χ1v) is 8.88. The van der Waals surface area contributed by atoms with E-state index >= 15 is 0 Å². The van der Waals surface area contributed by atoms with Gasteiger partial charge < -0.3 is 10.6 Å². The monoisotopic (exact) mass is 368 g/mol. The highest BCUT2D eigenvalue weighted by Gasteiger charge is 2.19. The third-order valence-electron chi connectivity index (χ3n) is 4.16. The quantitative estimate of drug-likeness (QED) is 0.507. The SMILES string of the molecule is Cc1cccc(N/C=C(/C#N)C(=O)NC(c2ccccc2)c2ccccc2)n1. The van der Waals surface area contributed by atoms with Gasteiger partial charge in [-0.25, -0.2) is 4.98 Å². The molecule has 0 spiro atoms. The minimum absolute atomic E-state index is 0.0276. The Morgan fingerprint density at radius 1 is 0.964 bits per heavy atom. The van der Waals surface area contributed by atoms with Gasteiger partial charge in [-0.3, -0.25) is 4.79 Å². The van der Waals surface area contributed by atoms with E-state index in [4.69, 9.17) is 0 Å². The largest absolute Gasteiger partial charge is 0.345 e. The number of nitrogens with zero attached hydrogens (tertiary/aromatic N) is 2. The first kappa shape index (κ1) is 18.9. The summed E-state index contributed by atoms with van der Waals surface area (Å²) in [4.78, 5) is 17.1. The number of aryl methyl sites for hydroxylation is 1. The second kappa shape index (κ2) is 9.15. The summed E-state index contributed by atoms with van der Waals surface area (Å²) in [7, 11) is 0. The van der Waals surface area contributed by atoms with E-state index in [-0.39, 0.29) is 11.6 Å². The molecule has 5 heteroatoms. The summed E-state index contributed by atoms with van der Waals surface area (Å²) in [6, 6.07) is 26.4. The zero-order valence-corrected chi connectivity index (χ0v) is 15.5. The summed E-state index contributed by atoms with van der Waals surface area (Å²) in [6.45, 7) is 1.87. The van der Waals surface area contributed by atoms with Crippen LogP contribution in [-0.4, -0.2) is 10.9 Å². The molecule has 0 saturated carbocycles. The molecule has 0 unspecified atom stereocenters. The van der Waals surface area contributed by atoms with Crippen molar-refractivity contribution in [3.8, 4) is 6.07 Å². The lowest BCUT2D eigenvalue weighted by Gasteiger charge is -2.19. The number of hydrogen-bond donors (Lipinski definition) is 2. The molecule has 1 heterocycles. The van der Waals surface area contributed by atoms with Crippen molar-refractivity contribution in [1.82, 2.24) is 10.3 Å². The molecule has 2 N–H and O–H groups in total. The average molecular weight is 368 g/mol. The highest BCUT2D eigenvalue weighted by molar-refractivity contribution is 5.98. The Kier molecular flexibility index (Phi) is 6.17. The number of aromatic nitrogens is 1. The van der Waals surface area contributed by atoms with Crippen LogP contribution in [0.1, 0.15) is 22.9 Å². The lowest BCUT2D eigenvalue weighted by Crippen LogP contribution is -2.30. The Morgan fingerprint density at radius 3 is 2.11 bits per heavy atom. The maximum Gasteiger partial charge on any atom is 0.264 e. The Hall–Kier alpha value is -3.91. The molecule has 0 atom stereocenters. The van der Waals surface area contributed by atoms with Gasteiger partial charge in [0, 0.05) is 11.9 Å². The lowest BCUT2D eigenvalue weighted by atomic mass is 9.98. The number of nitrogens with one attached hydrogen (secondary N) is 2. The van der Waals surface area contributed by atoms with Crippen molar-refractivity contribution in [2.75, 3.05) is 5.32 Å². The van der Waals surface area contributed by atoms with Crippen LogP contribution in [0.15, 0.2) is 90.6 Å². The minimum atomic E-state index is -0.458. The molecule has 3 aromatic rings. The van der Waals surface area contributed by atoms with E-state index in [1.54, 1.807) is 6.07 Å². The van der Waals surface area contributed by atoms with Gasteiger partial charge in [-0.15, -0.1) is 0 Å². The van der Waals surface area contributed by atoms with Gasteiger partial charge in [0.1, 0.15) is 17.5 Å². The molecular formula is C23H20N4O. The molecule has 0 bridgehead atoms. The molecule has 2 aromatic carbocycles. The van der Waals surface area contributed by atoms with Gasteiger partial charge in [-0.05, 0) is 30.2 Å². The summed E-state index contributed by atoms with van der Waals surface area (Å²) in [6.07, 6.45) is 1.38. The Balaban J connectivity index is 1.82. The molecule has 0 aliphatic rings. The molecular weight excluding hydrogens is 348 g/mol. The van der Waals surface area contributed by atoms with Crippen LogP contribution >= 0.6 is 0 Å². The summed E-state index contributed by atoms with van der Waals surface area (Å²) >= 11 is 0. The molecule has 5 nitrogen and oxygen atoms in total. The lowest BCUT2D eigenvalue weighted by molar-refractivity contribution is -0.117. The molecule has 0 fully saturated rings. The van der Waals surface area contributed by atoms with E-state index in [1.165, 1.54) is 6.20 Å². The number of hydrogen-bond acceptors (Lipinski definition) is 4. The second-order valence-corrected chi connectivity index (χ2v) is 6.21. The van der Waals surface area contributed by atoms with E-state index in [0.717, 1.165) is 16.8 Å². The summed E-state index contributed by atoms with van der Waals surface area (Å²) in [5, 5.41) is 15.3. The topological polar surface area (TPSA) is 77.8 Å². The zero-order valence-electron chi connectivity index (χ0n) is 15.5. The van der Waals surface area contributed by atoms with Crippen molar-refractivity contribution < 1.29 is 4.79 Å². The fraction of sp³-hybridized carbons (Fsp3) is 0.0870. The van der Waals surface area contributed by atoms with Crippen LogP contribution in [0.5, 0.6) is 0 Å². The fourth-order valence-corrected chi connectivity index (χ4v) is 2.78. The van der Waals surface area contributed by atoms with Crippen LogP contribution in [0.3, 0.4) is 0 Å². The third-order valence-corrected chi connectivity index (χ3v) is 4.16. The maximum atomic E-state index is 12.8. The van der Waals surface area contributed by atoms with Crippen molar-refractivity contribution in [2.24, 2.45) is 0 Å². The van der Waals surface area contributed by atoms with Gasteiger partial charge in [0.05, 0.1) is 6.04 Å². The summed E-state index contributed by atoms with van der Waals surface area (Å²) < 4.78 is 0. The van der Waals surface area contributed by atoms with Gasteiger partial charge in [-0.2, -0.15) is 5.26 Å². The average Bonchev–Trinajstić information content (AvgIpc) is 2.74. The molecule has 0 saturated heterocycles. The number of nitriles is 1. The van der Waals surface area contributed by atoms with Crippen LogP contribution in [-0.2, 0) is 4.79 Å². The van der Waals surface area contributed by atoms with Crippen LogP contribution in [0.4, 0.5) is 5.82 Å². The van der Waals surface area contributed by atoms with Crippen molar-refractivity contribution in [3.05, 3.63) is 107 Å². The van der Waals surface area contributed by atoms with Crippen molar-refractivity contribution >= 4 is 11.7 Å². The van der Waals surface area contributed by atoms with Gasteiger partial charge in [0.15, 0.2) is 0 Å². The predicted molar refractivity (Wildman–Crippen MR) is 109 cm³/mol. The molecule has 1 amide bonds. The summed E-state index contributed by atoms with van der Waals surface area (Å²) in [5.41, 5.74) is 2.69. The van der Waals surface area contributed by atoms with E-state index in [9.17, 15) is 10.1 Å². The standard InChI is InChI=1S/C23H20N4O/c1-17-9-8-14-21(26-17)25-16-20(15-24)23(28)27-22(18-10-4-2-5-11-18)19-12-6-3-7-13-19/h2-14,16,22H,1H3,(H,25,26)(H,27,28)/b20-16-. The number of carbonyl (C=O) groups is 1. The number of amides is 1. The maximum absolute atomic E-state index is 12.8. The van der Waals surface area contributed by atoms with E-state index in [1.807, 2.05) is 85.8 Å². The van der Waals surface area contributed by atoms with Crippen molar-refractivity contribution in [1.29, 1.82) is 5.26 Å². The van der Waals surface area contributed by atoms with Gasteiger partial charge in [0.25, 0.3) is 5.91 Å². The van der Waals surface area contributed by atoms with E-state index < -0.39 is 5.91 Å². The fourth-order valence-electron chi connectivity index (χ4n) is 2.78. The molecule has 0 radical (unpaired) electrons. The summed E-state index contributed by atoms with van der Waals surface area (Å²) in [5.74, 6) is 0.114. The smallest absolute Gasteiger partial charge is 0.264 e. The van der Waals surface area contributed by atoms with Gasteiger partial charge >= 0.3 is 0 Å². The third kappa shape index (κ3) is 4.83. The van der Waals surface area contributed by atoms with Crippen LogP contribution in [0.2, 0.25) is 0 Å². The number of benzene rings is 2. The Labute approximate surface area is 164 Å². The van der Waals surface area contributed by atoms with Gasteiger partial charge in [0.2, 0.25) is 0 Å². The first-order chi connectivity index (χ1) is 13.7. The zero-order chi connectivity index (χ0) is 19.8. The molecule has 0 aliphatic carbocycles. The van der Waals surface area contributed by atoms with Crippen molar-refractivity contribution in [2.45, 2.75) is 13.0 Å². The highest BCUT2D eigenvalue weighted by atomic mass is 16.1. The Bertz CT molecular complexity index is 968. The second-order valence-electron chi connectivity index (χ2n) is 6.21. The molecule has 0 aliphatic heterocycles. The number of anilines is 1. The first-order valence-electron chi connectivity index (χ1n) is 8.88. The molecule has 3 rings (SSSR count). The van der Waals surface area contributed by atoms with E-state index in [0.29, 0.717) is 5.82 Å². The highest BCUT2D eigenvalue weighted by Crippen LogP contribution is 2.22. The molecule has 138 valence electrons. The van der Waals surface area contributed by atoms with Crippen LogP contribution in [0, 0.1) is 18.3 Å². The van der Waals surface area contributed by atoms with Crippen LogP contribution in [0.25, 0.3) is 0 Å². The minimum Gasteiger partial charge on any atom is -0.345 e.